The molecule has 1 N–H and O–H groups in total. The zero-order valence-electron chi connectivity index (χ0n) is 12.2. The number of thioether (sulfide) groups is 2. The number of rotatable bonds is 2. The molecule has 1 aliphatic heterocycles. The van der Waals surface area contributed by atoms with Gasteiger partial charge in [0.05, 0.1) is 10.9 Å². The van der Waals surface area contributed by atoms with Crippen LogP contribution in [-0.4, -0.2) is 13.1 Å². The highest BCUT2D eigenvalue weighted by molar-refractivity contribution is 8.47. The van der Waals surface area contributed by atoms with Gasteiger partial charge in [0, 0.05) is 10.7 Å². The van der Waals surface area contributed by atoms with Crippen LogP contribution in [0.15, 0.2) is 59.6 Å². The fourth-order valence-corrected chi connectivity index (χ4v) is 5.96. The van der Waals surface area contributed by atoms with Crippen LogP contribution >= 0.6 is 59.6 Å². The smallest absolute Gasteiger partial charge is 0.182 e. The summed E-state index contributed by atoms with van der Waals surface area (Å²) in [6.07, 6.45) is 0. The summed E-state index contributed by atoms with van der Waals surface area (Å²) in [6.45, 7) is 0. The second kappa shape index (κ2) is 6.69. The summed E-state index contributed by atoms with van der Waals surface area (Å²) < 4.78 is 3.63. The van der Waals surface area contributed by atoms with Gasteiger partial charge in [-0.25, -0.2) is 0 Å². The number of thiocarbonyl (C=S) groups is 1. The third-order valence-corrected chi connectivity index (χ3v) is 7.03. The van der Waals surface area contributed by atoms with Gasteiger partial charge in [-0.3, -0.25) is 4.57 Å². The highest BCUT2D eigenvalue weighted by Gasteiger charge is 2.30. The predicted molar refractivity (Wildman–Crippen MR) is 110 cm³/mol. The molecule has 4 rings (SSSR count). The maximum atomic E-state index is 6.02. The van der Waals surface area contributed by atoms with Crippen molar-refractivity contribution in [3.8, 4) is 5.69 Å². The van der Waals surface area contributed by atoms with Crippen LogP contribution in [0.1, 0.15) is 16.5 Å². The number of aromatic nitrogens is 2. The molecule has 1 atom stereocenters. The Balaban J connectivity index is 1.88. The van der Waals surface area contributed by atoms with Gasteiger partial charge in [-0.05, 0) is 42.0 Å². The van der Waals surface area contributed by atoms with E-state index in [4.69, 9.17) is 36.0 Å². The number of hydrogen-bond donors (Lipinski definition) is 1. The maximum Gasteiger partial charge on any atom is 0.182 e. The van der Waals surface area contributed by atoms with Crippen molar-refractivity contribution in [1.82, 2.24) is 9.55 Å². The summed E-state index contributed by atoms with van der Waals surface area (Å²) in [5.41, 5.74) is 3.29. The molecule has 7 heteroatoms. The Morgan fingerprint density at radius 1 is 1.00 bits per heavy atom. The number of benzene rings is 2. The van der Waals surface area contributed by atoms with Gasteiger partial charge in [0.1, 0.15) is 8.55 Å². The molecule has 2 heterocycles. The minimum Gasteiger partial charge on any atom is -0.332 e. The molecular formula is C17H11ClN2S4. The maximum absolute atomic E-state index is 6.02. The molecular weight excluding hydrogens is 396 g/mol. The lowest BCUT2D eigenvalue weighted by atomic mass is 10.1. The van der Waals surface area contributed by atoms with E-state index in [1.807, 2.05) is 54.6 Å². The molecule has 1 aliphatic rings. The molecule has 0 fully saturated rings. The molecule has 0 spiro atoms. The summed E-state index contributed by atoms with van der Waals surface area (Å²) in [6, 6.07) is 18.0. The summed E-state index contributed by atoms with van der Waals surface area (Å²) in [7, 11) is 0. The van der Waals surface area contributed by atoms with Gasteiger partial charge >= 0.3 is 0 Å². The lowest BCUT2D eigenvalue weighted by Crippen LogP contribution is -2.08. The van der Waals surface area contributed by atoms with Crippen LogP contribution in [0.5, 0.6) is 0 Å². The quantitative estimate of drug-likeness (QED) is 0.496. The van der Waals surface area contributed by atoms with E-state index in [2.05, 4.69) is 9.55 Å². The number of aromatic amines is 1. The van der Waals surface area contributed by atoms with Crippen LogP contribution in [0, 0.1) is 4.77 Å². The molecule has 1 unspecified atom stereocenters. The first-order valence-corrected chi connectivity index (χ1v) is 10.1. The minimum atomic E-state index is 0.0951. The summed E-state index contributed by atoms with van der Waals surface area (Å²) in [5.74, 6) is 0. The molecule has 1 aromatic heterocycles. The summed E-state index contributed by atoms with van der Waals surface area (Å²) in [4.78, 5) is 3.39. The third-order valence-electron chi connectivity index (χ3n) is 3.72. The molecule has 0 amide bonds. The van der Waals surface area contributed by atoms with Crippen molar-refractivity contribution in [3.05, 3.63) is 75.6 Å². The van der Waals surface area contributed by atoms with Crippen LogP contribution < -0.4 is 0 Å². The van der Waals surface area contributed by atoms with E-state index in [1.165, 1.54) is 0 Å². The highest BCUT2D eigenvalue weighted by Crippen LogP contribution is 2.49. The summed E-state index contributed by atoms with van der Waals surface area (Å²) >= 11 is 20.4. The molecule has 0 bridgehead atoms. The van der Waals surface area contributed by atoms with E-state index in [1.54, 1.807) is 23.5 Å². The van der Waals surface area contributed by atoms with E-state index in [-0.39, 0.29) is 5.25 Å². The first-order chi connectivity index (χ1) is 11.6. The van der Waals surface area contributed by atoms with Crippen LogP contribution in [0.4, 0.5) is 0 Å². The highest BCUT2D eigenvalue weighted by atomic mass is 35.5. The Labute approximate surface area is 163 Å². The summed E-state index contributed by atoms with van der Waals surface area (Å²) in [5, 5.41) is 1.89. The van der Waals surface area contributed by atoms with Gasteiger partial charge in [-0.15, -0.1) is 0 Å². The lowest BCUT2D eigenvalue weighted by Gasteiger charge is -2.23. The van der Waals surface area contributed by atoms with Crippen molar-refractivity contribution >= 4 is 63.1 Å². The Bertz CT molecular complexity index is 961. The van der Waals surface area contributed by atoms with Gasteiger partial charge in [0.2, 0.25) is 0 Å². The van der Waals surface area contributed by atoms with Crippen molar-refractivity contribution in [2.75, 3.05) is 0 Å². The van der Waals surface area contributed by atoms with Crippen LogP contribution in [0.3, 0.4) is 0 Å². The van der Waals surface area contributed by atoms with Gasteiger partial charge < -0.3 is 4.98 Å². The Morgan fingerprint density at radius 3 is 2.42 bits per heavy atom. The van der Waals surface area contributed by atoms with E-state index >= 15 is 0 Å². The Kier molecular flexibility index (Phi) is 4.58. The van der Waals surface area contributed by atoms with Gasteiger partial charge in [-0.1, -0.05) is 77.7 Å². The molecule has 0 radical (unpaired) electrons. The number of halogens is 1. The molecule has 120 valence electrons. The number of nitrogens with zero attached hydrogens (tertiary/aromatic N) is 1. The molecule has 0 saturated carbocycles. The largest absolute Gasteiger partial charge is 0.332 e. The zero-order valence-corrected chi connectivity index (χ0v) is 16.3. The minimum absolute atomic E-state index is 0.0951. The number of hydrogen-bond acceptors (Lipinski definition) is 4. The average molecular weight is 407 g/mol. The Morgan fingerprint density at radius 2 is 1.71 bits per heavy atom. The fraction of sp³-hybridized carbons (Fsp3) is 0.0588. The van der Waals surface area contributed by atoms with E-state index in [0.717, 1.165) is 30.5 Å². The SMILES string of the molecule is S=C1Sc2c([nH]c(=S)n2-c2ccccc2)C(c2ccc(Cl)cc2)S1. The lowest BCUT2D eigenvalue weighted by molar-refractivity contribution is 0.916. The average Bonchev–Trinajstić information content (AvgIpc) is 2.91. The molecule has 0 aliphatic carbocycles. The fourth-order valence-electron chi connectivity index (χ4n) is 2.66. The second-order valence-corrected chi connectivity index (χ2v) is 9.34. The molecule has 2 nitrogen and oxygen atoms in total. The molecule has 0 saturated heterocycles. The predicted octanol–water partition coefficient (Wildman–Crippen LogP) is 6.40. The van der Waals surface area contributed by atoms with Gasteiger partial charge in [-0.2, -0.15) is 0 Å². The standard InChI is InChI=1S/C17H11ClN2S4/c18-11-8-6-10(7-9-11)14-13-15(24-17(22)23-14)20(16(21)19-13)12-4-2-1-3-5-12/h1-9,14H,(H,19,21). The number of imidazole rings is 1. The van der Waals surface area contributed by atoms with E-state index < -0.39 is 0 Å². The van der Waals surface area contributed by atoms with E-state index in [0.29, 0.717) is 4.77 Å². The molecule has 24 heavy (non-hydrogen) atoms. The monoisotopic (exact) mass is 406 g/mol. The third kappa shape index (κ3) is 2.97. The van der Waals surface area contributed by atoms with Crippen molar-refractivity contribution < 1.29 is 0 Å². The van der Waals surface area contributed by atoms with Crippen molar-refractivity contribution in [2.24, 2.45) is 0 Å². The number of fused-ring (bicyclic) bond motifs is 1. The second-order valence-electron chi connectivity index (χ2n) is 5.22. The zero-order chi connectivity index (χ0) is 16.7. The van der Waals surface area contributed by atoms with Crippen molar-refractivity contribution in [1.29, 1.82) is 0 Å². The van der Waals surface area contributed by atoms with Crippen molar-refractivity contribution in [3.63, 3.8) is 0 Å². The topological polar surface area (TPSA) is 20.7 Å². The van der Waals surface area contributed by atoms with Crippen LogP contribution in [-0.2, 0) is 0 Å². The van der Waals surface area contributed by atoms with E-state index in [9.17, 15) is 0 Å². The number of nitrogens with one attached hydrogen (secondary N) is 1. The first-order valence-electron chi connectivity index (χ1n) is 7.18. The van der Waals surface area contributed by atoms with Gasteiger partial charge in [0.25, 0.3) is 0 Å². The number of para-hydroxylation sites is 1. The molecule has 3 aromatic rings. The van der Waals surface area contributed by atoms with Crippen LogP contribution in [0.2, 0.25) is 5.02 Å². The van der Waals surface area contributed by atoms with Crippen molar-refractivity contribution in [2.45, 2.75) is 10.3 Å². The number of H-pyrrole nitrogens is 1. The van der Waals surface area contributed by atoms with Crippen LogP contribution in [0.25, 0.3) is 5.69 Å². The first kappa shape index (κ1) is 16.4. The molecule has 2 aromatic carbocycles. The van der Waals surface area contributed by atoms with Gasteiger partial charge in [0.15, 0.2) is 4.77 Å². The normalized spacial score (nSPS) is 16.9. The Hall–Kier alpha value is -1.05.